The molecule has 0 radical (unpaired) electrons. The number of carboxylic acid groups (broad SMARTS) is 3. The molecule has 0 atom stereocenters. The third kappa shape index (κ3) is 8.81. The number of carbonyl (C=O) groups is 4. The lowest BCUT2D eigenvalue weighted by molar-refractivity contribution is -0.170. The van der Waals surface area contributed by atoms with E-state index in [0.29, 0.717) is 0 Å². The summed E-state index contributed by atoms with van der Waals surface area (Å²) >= 11 is 0. The quantitative estimate of drug-likeness (QED) is 0.445. The molecule has 0 aliphatic heterocycles. The van der Waals surface area contributed by atoms with Crippen molar-refractivity contribution in [2.75, 3.05) is 0 Å². The van der Waals surface area contributed by atoms with Gasteiger partial charge in [0.15, 0.2) is 5.60 Å². The average Bonchev–Trinajstić information content (AvgIpc) is 2.15. The minimum absolute atomic E-state index is 0.440. The van der Waals surface area contributed by atoms with Crippen LogP contribution in [0.4, 0.5) is 0 Å². The van der Waals surface area contributed by atoms with E-state index in [-0.39, 0.29) is 0 Å². The monoisotopic (exact) mass is 261 g/mol. The molecule has 0 aromatic carbocycles. The lowest BCUT2D eigenvalue weighted by Crippen LogP contribution is -2.42. The molecule has 0 aromatic rings. The van der Waals surface area contributed by atoms with Gasteiger partial charge in [0.2, 0.25) is 5.78 Å². The summed E-state index contributed by atoms with van der Waals surface area (Å²) in [5.41, 5.74) is -2.74. The van der Waals surface area contributed by atoms with Crippen molar-refractivity contribution in [2.24, 2.45) is 0 Å². The number of carboxylic acids is 3. The maximum Gasteiger partial charge on any atom is 0.336 e. The van der Waals surface area contributed by atoms with Gasteiger partial charge in [0.05, 0.1) is 12.8 Å². The molecule has 9 nitrogen and oxygen atoms in total. The van der Waals surface area contributed by atoms with E-state index in [9.17, 15) is 19.2 Å². The van der Waals surface area contributed by atoms with E-state index in [0.717, 1.165) is 0 Å². The molecule has 100 valence electrons. The second-order valence-corrected chi connectivity index (χ2v) is 3.15. The van der Waals surface area contributed by atoms with Gasteiger partial charge in [0.1, 0.15) is 6.07 Å². The van der Waals surface area contributed by atoms with Gasteiger partial charge in [-0.3, -0.25) is 14.4 Å². The van der Waals surface area contributed by atoms with E-state index in [1.54, 1.807) is 0 Å². The number of nitriles is 1. The van der Waals surface area contributed by atoms with E-state index in [2.05, 4.69) is 0 Å². The molecule has 9 heteroatoms. The lowest BCUT2D eigenvalue weighted by atomic mass is 9.96. The van der Waals surface area contributed by atoms with Crippen molar-refractivity contribution in [1.29, 1.82) is 5.26 Å². The van der Waals surface area contributed by atoms with Gasteiger partial charge in [-0.05, 0) is 0 Å². The van der Waals surface area contributed by atoms with Crippen molar-refractivity contribution in [3.8, 4) is 6.07 Å². The van der Waals surface area contributed by atoms with Crippen molar-refractivity contribution < 1.29 is 39.6 Å². The maximum atomic E-state index is 10.3. The number of hydrogen-bond donors (Lipinski definition) is 4. The molecule has 0 aliphatic carbocycles. The molecule has 0 saturated heterocycles. The van der Waals surface area contributed by atoms with Crippen LogP contribution in [-0.4, -0.2) is 49.7 Å². The summed E-state index contributed by atoms with van der Waals surface area (Å²) in [6, 6.07) is 1.39. The number of aliphatic carboxylic acids is 3. The highest BCUT2D eigenvalue weighted by atomic mass is 16.4. The van der Waals surface area contributed by atoms with Crippen LogP contribution in [0.15, 0.2) is 0 Å². The Bertz CT molecular complexity index is 378. The fourth-order valence-corrected chi connectivity index (χ4v) is 0.714. The highest BCUT2D eigenvalue weighted by Gasteiger charge is 2.40. The number of rotatable bonds is 5. The molecule has 0 fully saturated rings. The number of ketones is 1. The summed E-state index contributed by atoms with van der Waals surface area (Å²) in [5, 5.41) is 41.4. The topological polar surface area (TPSA) is 173 Å². The van der Waals surface area contributed by atoms with E-state index in [1.165, 1.54) is 13.0 Å². The summed E-state index contributed by atoms with van der Waals surface area (Å²) in [6.45, 7) is 1.22. The maximum absolute atomic E-state index is 10.3. The SMILES string of the molecule is CC(=O)C#N.O=C(O)CC(O)(CC(=O)O)C(=O)O. The van der Waals surface area contributed by atoms with Crippen molar-refractivity contribution in [3.63, 3.8) is 0 Å². The fourth-order valence-electron chi connectivity index (χ4n) is 0.714. The second-order valence-electron chi connectivity index (χ2n) is 3.15. The average molecular weight is 261 g/mol. The third-order valence-electron chi connectivity index (χ3n) is 1.44. The molecule has 0 spiro atoms. The Morgan fingerprint density at radius 3 is 1.44 bits per heavy atom. The van der Waals surface area contributed by atoms with Crippen LogP contribution in [0.1, 0.15) is 19.8 Å². The Balaban J connectivity index is 0. The Hall–Kier alpha value is -2.47. The largest absolute Gasteiger partial charge is 0.481 e. The van der Waals surface area contributed by atoms with Crippen LogP contribution in [0.25, 0.3) is 0 Å². The van der Waals surface area contributed by atoms with Crippen molar-refractivity contribution in [1.82, 2.24) is 0 Å². The molecule has 0 unspecified atom stereocenters. The first-order valence-corrected chi connectivity index (χ1v) is 4.35. The normalized spacial score (nSPS) is 9.39. The van der Waals surface area contributed by atoms with E-state index >= 15 is 0 Å². The first kappa shape index (κ1) is 17.9. The van der Waals surface area contributed by atoms with Crippen LogP contribution < -0.4 is 0 Å². The van der Waals surface area contributed by atoms with Gasteiger partial charge in [-0.1, -0.05) is 0 Å². The predicted octanol–water partition coefficient (Wildman–Crippen LogP) is -1.15. The molecule has 0 aromatic heterocycles. The summed E-state index contributed by atoms with van der Waals surface area (Å²) in [5.74, 6) is -5.46. The van der Waals surface area contributed by atoms with Gasteiger partial charge in [0, 0.05) is 6.92 Å². The molecule has 0 heterocycles. The lowest BCUT2D eigenvalue weighted by Gasteiger charge is -2.18. The molecule has 0 saturated carbocycles. The van der Waals surface area contributed by atoms with Gasteiger partial charge < -0.3 is 20.4 Å². The molecular weight excluding hydrogens is 250 g/mol. The number of carbonyl (C=O) groups excluding carboxylic acids is 1. The first-order chi connectivity index (χ1) is 8.05. The molecule has 4 N–H and O–H groups in total. The van der Waals surface area contributed by atoms with Gasteiger partial charge in [-0.15, -0.1) is 0 Å². The van der Waals surface area contributed by atoms with Crippen molar-refractivity contribution in [2.45, 2.75) is 25.4 Å². The summed E-state index contributed by atoms with van der Waals surface area (Å²) < 4.78 is 0. The summed E-state index contributed by atoms with van der Waals surface area (Å²) in [7, 11) is 0. The third-order valence-corrected chi connectivity index (χ3v) is 1.44. The molecule has 0 rings (SSSR count). The Kier molecular flexibility index (Phi) is 7.71. The van der Waals surface area contributed by atoms with E-state index in [4.69, 9.17) is 25.7 Å². The summed E-state index contributed by atoms with van der Waals surface area (Å²) in [6.07, 6.45) is -2.29. The molecule has 0 amide bonds. The molecule has 0 bridgehead atoms. The van der Waals surface area contributed by atoms with E-state index < -0.39 is 42.1 Å². The zero-order valence-corrected chi connectivity index (χ0v) is 9.28. The van der Waals surface area contributed by atoms with Gasteiger partial charge in [-0.2, -0.15) is 5.26 Å². The Morgan fingerprint density at radius 2 is 1.33 bits per heavy atom. The minimum Gasteiger partial charge on any atom is -0.481 e. The van der Waals surface area contributed by atoms with Crippen molar-refractivity contribution in [3.05, 3.63) is 0 Å². The predicted molar refractivity (Wildman–Crippen MR) is 53.4 cm³/mol. The number of aliphatic hydroxyl groups is 1. The number of nitrogens with zero attached hydrogens (tertiary/aromatic N) is 1. The van der Waals surface area contributed by atoms with Gasteiger partial charge in [-0.25, -0.2) is 4.79 Å². The zero-order valence-electron chi connectivity index (χ0n) is 9.28. The summed E-state index contributed by atoms with van der Waals surface area (Å²) in [4.78, 5) is 39.9. The number of hydrogen-bond acceptors (Lipinski definition) is 6. The fraction of sp³-hybridized carbons (Fsp3) is 0.444. The Morgan fingerprint density at radius 1 is 1.06 bits per heavy atom. The highest BCUT2D eigenvalue weighted by molar-refractivity contribution is 5.90. The standard InChI is InChI=1S/C6H8O7.C3H3NO/c7-3(8)1-6(13,5(11)12)2-4(9)10;1-3(5)2-4/h13H,1-2H2,(H,7,8)(H,9,10)(H,11,12);1H3. The van der Waals surface area contributed by atoms with Crippen LogP contribution in [0.3, 0.4) is 0 Å². The van der Waals surface area contributed by atoms with Gasteiger partial charge in [0.25, 0.3) is 0 Å². The van der Waals surface area contributed by atoms with Crippen LogP contribution in [0.2, 0.25) is 0 Å². The van der Waals surface area contributed by atoms with E-state index in [1.807, 2.05) is 0 Å². The molecule has 18 heavy (non-hydrogen) atoms. The molecule has 0 aliphatic rings. The highest BCUT2D eigenvalue weighted by Crippen LogP contribution is 2.15. The minimum atomic E-state index is -2.74. The smallest absolute Gasteiger partial charge is 0.336 e. The van der Waals surface area contributed by atoms with Crippen LogP contribution in [-0.2, 0) is 19.2 Å². The van der Waals surface area contributed by atoms with Crippen molar-refractivity contribution >= 4 is 23.7 Å². The number of Topliss-reactive ketones (excluding diaryl/α,β-unsaturated/α-hetero) is 1. The zero-order chi connectivity index (χ0) is 14.9. The van der Waals surface area contributed by atoms with Crippen LogP contribution in [0.5, 0.6) is 0 Å². The van der Waals surface area contributed by atoms with Crippen LogP contribution >= 0.6 is 0 Å². The molecular formula is C9H11NO8. The van der Waals surface area contributed by atoms with Crippen LogP contribution in [0, 0.1) is 11.3 Å². The van der Waals surface area contributed by atoms with Gasteiger partial charge >= 0.3 is 17.9 Å². The second kappa shape index (κ2) is 7.75. The first-order valence-electron chi connectivity index (χ1n) is 4.35. The Labute approximate surface area is 101 Å².